The second-order valence-electron chi connectivity index (χ2n) is 5.26. The van der Waals surface area contributed by atoms with Crippen LogP contribution in [0.3, 0.4) is 0 Å². The Morgan fingerprint density at radius 2 is 2.12 bits per heavy atom. The number of piperidine rings is 1. The van der Waals surface area contributed by atoms with Gasteiger partial charge in [0.15, 0.2) is 0 Å². The van der Waals surface area contributed by atoms with Gasteiger partial charge in [-0.25, -0.2) is 4.98 Å². The average molecular weight is 297 g/mol. The maximum Gasteiger partial charge on any atom is 0.106 e. The largest absolute Gasteiger partial charge is 0.380 e. The van der Waals surface area contributed by atoms with Gasteiger partial charge in [-0.2, -0.15) is 0 Å². The molecule has 1 spiro atoms. The second-order valence-corrected chi connectivity index (χ2v) is 6.07. The molecule has 0 atom stereocenters. The molecule has 2 saturated heterocycles. The Bertz CT molecular complexity index is 396. The highest BCUT2D eigenvalue weighted by Gasteiger charge is 2.40. The Kier molecular flexibility index (Phi) is 3.19. The smallest absolute Gasteiger partial charge is 0.106 e. The maximum atomic E-state index is 5.35. The molecule has 4 heteroatoms. The highest BCUT2D eigenvalue weighted by atomic mass is 79.9. The van der Waals surface area contributed by atoms with Gasteiger partial charge in [-0.3, -0.25) is 4.90 Å². The molecule has 3 heterocycles. The van der Waals surface area contributed by atoms with Crippen LogP contribution in [0.25, 0.3) is 0 Å². The molecule has 0 saturated carbocycles. The van der Waals surface area contributed by atoms with Crippen molar-refractivity contribution < 1.29 is 4.74 Å². The van der Waals surface area contributed by atoms with Crippen molar-refractivity contribution in [3.63, 3.8) is 0 Å². The molecule has 0 N–H and O–H groups in total. The van der Waals surface area contributed by atoms with Crippen LogP contribution >= 0.6 is 15.9 Å². The molecule has 2 aliphatic rings. The van der Waals surface area contributed by atoms with Crippen LogP contribution in [0, 0.1) is 5.41 Å². The molecular weight excluding hydrogens is 280 g/mol. The lowest BCUT2D eigenvalue weighted by Gasteiger charge is -2.47. The lowest BCUT2D eigenvalue weighted by atomic mass is 9.77. The Balaban J connectivity index is 1.57. The summed E-state index contributed by atoms with van der Waals surface area (Å²) in [5.74, 6) is 0. The Morgan fingerprint density at radius 1 is 1.35 bits per heavy atom. The van der Waals surface area contributed by atoms with Crippen LogP contribution in [0.1, 0.15) is 18.4 Å². The Hall–Kier alpha value is -0.450. The van der Waals surface area contributed by atoms with E-state index in [1.807, 2.05) is 6.20 Å². The summed E-state index contributed by atoms with van der Waals surface area (Å²) >= 11 is 3.42. The van der Waals surface area contributed by atoms with E-state index in [4.69, 9.17) is 4.74 Å². The van der Waals surface area contributed by atoms with Crippen molar-refractivity contribution >= 4 is 15.9 Å². The molecule has 92 valence electrons. The van der Waals surface area contributed by atoms with Gasteiger partial charge in [0.2, 0.25) is 0 Å². The molecule has 1 aromatic heterocycles. The number of hydrogen-bond acceptors (Lipinski definition) is 3. The van der Waals surface area contributed by atoms with Crippen molar-refractivity contribution in [1.29, 1.82) is 0 Å². The van der Waals surface area contributed by atoms with Gasteiger partial charge >= 0.3 is 0 Å². The van der Waals surface area contributed by atoms with Gasteiger partial charge in [0.1, 0.15) is 4.60 Å². The van der Waals surface area contributed by atoms with E-state index in [0.717, 1.165) is 24.4 Å². The van der Waals surface area contributed by atoms with E-state index in [1.54, 1.807) is 0 Å². The van der Waals surface area contributed by atoms with E-state index in [2.05, 4.69) is 37.9 Å². The van der Waals surface area contributed by atoms with E-state index >= 15 is 0 Å². The molecule has 0 aliphatic carbocycles. The van der Waals surface area contributed by atoms with Crippen molar-refractivity contribution in [3.05, 3.63) is 28.5 Å². The molecule has 3 nitrogen and oxygen atoms in total. The van der Waals surface area contributed by atoms with E-state index in [-0.39, 0.29) is 0 Å². The fourth-order valence-corrected chi connectivity index (χ4v) is 3.08. The minimum absolute atomic E-state index is 0.537. The summed E-state index contributed by atoms with van der Waals surface area (Å²) in [5, 5.41) is 0. The highest BCUT2D eigenvalue weighted by Crippen LogP contribution is 2.38. The molecule has 1 aromatic rings. The monoisotopic (exact) mass is 296 g/mol. The Labute approximate surface area is 110 Å². The summed E-state index contributed by atoms with van der Waals surface area (Å²) in [6.45, 7) is 5.41. The first-order valence-corrected chi connectivity index (χ1v) is 6.96. The Morgan fingerprint density at radius 3 is 2.71 bits per heavy atom. The fraction of sp³-hybridized carbons (Fsp3) is 0.615. The van der Waals surface area contributed by atoms with Gasteiger partial charge in [-0.1, -0.05) is 0 Å². The van der Waals surface area contributed by atoms with E-state index < -0.39 is 0 Å². The molecule has 2 fully saturated rings. The summed E-state index contributed by atoms with van der Waals surface area (Å²) in [5.41, 5.74) is 1.88. The third-order valence-corrected chi connectivity index (χ3v) is 4.36. The first-order chi connectivity index (χ1) is 8.26. The number of ether oxygens (including phenoxy) is 1. The third-order valence-electron chi connectivity index (χ3n) is 3.93. The maximum absolute atomic E-state index is 5.35. The van der Waals surface area contributed by atoms with Crippen molar-refractivity contribution in [2.24, 2.45) is 5.41 Å². The summed E-state index contributed by atoms with van der Waals surface area (Å²) in [6, 6.07) is 4.21. The van der Waals surface area contributed by atoms with Crippen LogP contribution in [0.15, 0.2) is 22.9 Å². The van der Waals surface area contributed by atoms with Crippen LogP contribution in [0.4, 0.5) is 0 Å². The minimum atomic E-state index is 0.537. The number of hydrogen-bond donors (Lipinski definition) is 0. The van der Waals surface area contributed by atoms with E-state index in [1.165, 1.54) is 31.5 Å². The highest BCUT2D eigenvalue weighted by molar-refractivity contribution is 9.10. The number of rotatable bonds is 2. The molecule has 2 aliphatic heterocycles. The number of likely N-dealkylation sites (tertiary alicyclic amines) is 1. The normalized spacial score (nSPS) is 23.6. The topological polar surface area (TPSA) is 25.4 Å². The van der Waals surface area contributed by atoms with Gasteiger partial charge in [0.05, 0.1) is 13.2 Å². The lowest BCUT2D eigenvalue weighted by Crippen LogP contribution is -2.50. The quantitative estimate of drug-likeness (QED) is 0.784. The molecule has 0 aromatic carbocycles. The lowest BCUT2D eigenvalue weighted by molar-refractivity contribution is -0.140. The van der Waals surface area contributed by atoms with Gasteiger partial charge in [0.25, 0.3) is 0 Å². The molecule has 17 heavy (non-hydrogen) atoms. The van der Waals surface area contributed by atoms with Crippen molar-refractivity contribution in [2.45, 2.75) is 19.4 Å². The molecular formula is C13H17BrN2O. The van der Waals surface area contributed by atoms with Crippen LogP contribution in [0.5, 0.6) is 0 Å². The molecule has 0 unspecified atom stereocenters. The molecule has 0 amide bonds. The average Bonchev–Trinajstić information content (AvgIpc) is 2.28. The first kappa shape index (κ1) is 11.6. The standard InChI is InChI=1S/C13H17BrN2O/c14-12-7-11(1-4-15-12)8-16-5-2-13(3-6-16)9-17-10-13/h1,4,7H,2-3,5-6,8-10H2. The summed E-state index contributed by atoms with van der Waals surface area (Å²) in [7, 11) is 0. The molecule has 0 radical (unpaired) electrons. The van der Waals surface area contributed by atoms with Gasteiger partial charge < -0.3 is 4.74 Å². The summed E-state index contributed by atoms with van der Waals surface area (Å²) < 4.78 is 6.28. The van der Waals surface area contributed by atoms with Crippen molar-refractivity contribution in [1.82, 2.24) is 9.88 Å². The predicted molar refractivity (Wildman–Crippen MR) is 69.7 cm³/mol. The van der Waals surface area contributed by atoms with E-state index in [0.29, 0.717) is 5.41 Å². The van der Waals surface area contributed by atoms with Crippen LogP contribution in [0.2, 0.25) is 0 Å². The van der Waals surface area contributed by atoms with Gasteiger partial charge in [-0.15, -0.1) is 0 Å². The fourth-order valence-electron chi connectivity index (χ4n) is 2.66. The van der Waals surface area contributed by atoms with Gasteiger partial charge in [0, 0.05) is 18.2 Å². The predicted octanol–water partition coefficient (Wildman–Crippen LogP) is 2.46. The number of halogens is 1. The van der Waals surface area contributed by atoms with Gasteiger partial charge in [-0.05, 0) is 59.6 Å². The zero-order valence-corrected chi connectivity index (χ0v) is 11.4. The van der Waals surface area contributed by atoms with E-state index in [9.17, 15) is 0 Å². The van der Waals surface area contributed by atoms with Crippen molar-refractivity contribution in [2.75, 3.05) is 26.3 Å². The zero-order chi connectivity index (χ0) is 11.7. The summed E-state index contributed by atoms with van der Waals surface area (Å²) in [4.78, 5) is 6.69. The number of aromatic nitrogens is 1. The van der Waals surface area contributed by atoms with Crippen molar-refractivity contribution in [3.8, 4) is 0 Å². The number of nitrogens with zero attached hydrogens (tertiary/aromatic N) is 2. The zero-order valence-electron chi connectivity index (χ0n) is 9.86. The minimum Gasteiger partial charge on any atom is -0.380 e. The summed E-state index contributed by atoms with van der Waals surface area (Å²) in [6.07, 6.45) is 4.45. The molecule has 3 rings (SSSR count). The molecule has 0 bridgehead atoms. The first-order valence-electron chi connectivity index (χ1n) is 6.16. The number of pyridine rings is 1. The SMILES string of the molecule is Brc1cc(CN2CCC3(CC2)COC3)ccn1. The van der Waals surface area contributed by atoms with Crippen LogP contribution < -0.4 is 0 Å². The third kappa shape index (κ3) is 2.54. The van der Waals surface area contributed by atoms with Crippen LogP contribution in [-0.4, -0.2) is 36.2 Å². The van der Waals surface area contributed by atoms with Crippen LogP contribution in [-0.2, 0) is 11.3 Å². The second kappa shape index (κ2) is 4.67.